The quantitative estimate of drug-likeness (QED) is 0.839. The molecule has 108 valence electrons. The molecule has 1 amide bonds. The van der Waals surface area contributed by atoms with Crippen LogP contribution in [0.3, 0.4) is 0 Å². The highest BCUT2D eigenvalue weighted by molar-refractivity contribution is 5.84. The Hall–Kier alpha value is -2.10. The van der Waals surface area contributed by atoms with Gasteiger partial charge in [-0.3, -0.25) is 9.59 Å². The van der Waals surface area contributed by atoms with Crippen LogP contribution in [0.25, 0.3) is 6.08 Å². The molecule has 0 fully saturated rings. The predicted octanol–water partition coefficient (Wildman–Crippen LogP) is 2.80. The van der Waals surface area contributed by atoms with Crippen molar-refractivity contribution in [2.24, 2.45) is 0 Å². The van der Waals surface area contributed by atoms with Gasteiger partial charge in [0.05, 0.1) is 0 Å². The van der Waals surface area contributed by atoms with Crippen LogP contribution in [0.15, 0.2) is 30.3 Å². The Balaban J connectivity index is 2.48. The van der Waals surface area contributed by atoms with Crippen LogP contribution in [-0.2, 0) is 9.59 Å². The number of aliphatic carboxylic acids is 1. The van der Waals surface area contributed by atoms with E-state index in [9.17, 15) is 9.59 Å². The van der Waals surface area contributed by atoms with Crippen LogP contribution in [0.2, 0.25) is 0 Å². The van der Waals surface area contributed by atoms with Crippen molar-refractivity contribution in [3.05, 3.63) is 41.5 Å². The summed E-state index contributed by atoms with van der Waals surface area (Å²) in [5.74, 6) is -0.835. The van der Waals surface area contributed by atoms with E-state index in [2.05, 4.69) is 31.3 Å². The van der Waals surface area contributed by atoms with Gasteiger partial charge in [0.15, 0.2) is 0 Å². The Morgan fingerprint density at radius 1 is 1.20 bits per heavy atom. The summed E-state index contributed by atoms with van der Waals surface area (Å²) >= 11 is 0. The number of nitrogens with one attached hydrogen (secondary N) is 1. The molecule has 2 N–H and O–H groups in total. The molecular weight excluding hydrogens is 254 g/mol. The molecule has 0 saturated carbocycles. The number of carbonyl (C=O) groups excluding carboxylic acids is 1. The highest BCUT2D eigenvalue weighted by atomic mass is 16.4. The van der Waals surface area contributed by atoms with Gasteiger partial charge in [0.25, 0.3) is 0 Å². The second-order valence-corrected chi connectivity index (χ2v) is 5.06. The summed E-state index contributed by atoms with van der Waals surface area (Å²) < 4.78 is 0. The van der Waals surface area contributed by atoms with Crippen molar-refractivity contribution in [1.29, 1.82) is 0 Å². The summed E-state index contributed by atoms with van der Waals surface area (Å²) in [5, 5.41) is 11.1. The molecule has 0 aliphatic heterocycles. The smallest absolute Gasteiger partial charge is 0.325 e. The van der Waals surface area contributed by atoms with Gasteiger partial charge >= 0.3 is 5.97 Å². The van der Waals surface area contributed by atoms with E-state index in [1.165, 1.54) is 12.5 Å². The van der Waals surface area contributed by atoms with Crippen molar-refractivity contribution in [2.45, 2.75) is 39.2 Å². The van der Waals surface area contributed by atoms with Crippen molar-refractivity contribution in [1.82, 2.24) is 5.32 Å². The lowest BCUT2D eigenvalue weighted by Crippen LogP contribution is -2.37. The van der Waals surface area contributed by atoms with Gasteiger partial charge in [0, 0.05) is 6.42 Å². The molecule has 0 aromatic heterocycles. The second-order valence-electron chi connectivity index (χ2n) is 5.06. The average molecular weight is 275 g/mol. The Kier molecular flexibility index (Phi) is 5.97. The first kappa shape index (κ1) is 16.0. The Morgan fingerprint density at radius 3 is 2.30 bits per heavy atom. The summed E-state index contributed by atoms with van der Waals surface area (Å²) in [7, 11) is 0. The highest BCUT2D eigenvalue weighted by Crippen LogP contribution is 2.15. The molecule has 1 rings (SSSR count). The van der Waals surface area contributed by atoms with Crippen LogP contribution >= 0.6 is 0 Å². The van der Waals surface area contributed by atoms with Crippen LogP contribution < -0.4 is 5.32 Å². The highest BCUT2D eigenvalue weighted by Gasteiger charge is 2.12. The van der Waals surface area contributed by atoms with Crippen LogP contribution in [0, 0.1) is 0 Å². The summed E-state index contributed by atoms with van der Waals surface area (Å²) in [6.07, 6.45) is 3.76. The maximum atomic E-state index is 11.5. The Labute approximate surface area is 119 Å². The average Bonchev–Trinajstić information content (AvgIpc) is 2.39. The SMILES string of the molecule is CC(NC(=O)C/C=C/c1ccc(C(C)C)cc1)C(=O)O. The predicted molar refractivity (Wildman–Crippen MR) is 79.4 cm³/mol. The molecule has 1 aromatic carbocycles. The molecule has 0 aliphatic rings. The van der Waals surface area contributed by atoms with Crippen molar-refractivity contribution < 1.29 is 14.7 Å². The second kappa shape index (κ2) is 7.48. The molecule has 20 heavy (non-hydrogen) atoms. The monoisotopic (exact) mass is 275 g/mol. The third-order valence-corrected chi connectivity index (χ3v) is 2.96. The van der Waals surface area contributed by atoms with E-state index in [0.717, 1.165) is 5.56 Å². The molecule has 0 heterocycles. The Bertz CT molecular complexity index is 489. The first-order chi connectivity index (χ1) is 9.40. The normalized spacial score (nSPS) is 12.6. The van der Waals surface area contributed by atoms with Crippen molar-refractivity contribution in [3.63, 3.8) is 0 Å². The number of carboxylic acid groups (broad SMARTS) is 1. The maximum Gasteiger partial charge on any atom is 0.325 e. The maximum absolute atomic E-state index is 11.5. The molecule has 4 heteroatoms. The van der Waals surface area contributed by atoms with Gasteiger partial charge in [0.2, 0.25) is 5.91 Å². The molecule has 0 saturated heterocycles. The van der Waals surface area contributed by atoms with E-state index < -0.39 is 12.0 Å². The summed E-state index contributed by atoms with van der Waals surface area (Å²) in [6.45, 7) is 5.71. The topological polar surface area (TPSA) is 66.4 Å². The number of amides is 1. The minimum absolute atomic E-state index is 0.170. The van der Waals surface area contributed by atoms with E-state index in [-0.39, 0.29) is 12.3 Å². The van der Waals surface area contributed by atoms with Crippen LogP contribution in [-0.4, -0.2) is 23.0 Å². The third-order valence-electron chi connectivity index (χ3n) is 2.96. The summed E-state index contributed by atoms with van der Waals surface area (Å²) in [6, 6.07) is 7.28. The molecule has 1 unspecified atom stereocenters. The standard InChI is InChI=1S/C16H21NO3/c1-11(2)14-9-7-13(8-10-14)5-4-6-15(18)17-12(3)16(19)20/h4-5,7-12H,6H2,1-3H3,(H,17,18)(H,19,20)/b5-4+. The van der Waals surface area contributed by atoms with E-state index >= 15 is 0 Å². The first-order valence-corrected chi connectivity index (χ1v) is 6.69. The number of rotatable bonds is 6. The van der Waals surface area contributed by atoms with Gasteiger partial charge in [-0.1, -0.05) is 50.3 Å². The van der Waals surface area contributed by atoms with Crippen molar-refractivity contribution in [3.8, 4) is 0 Å². The zero-order valence-corrected chi connectivity index (χ0v) is 12.1. The lowest BCUT2D eigenvalue weighted by atomic mass is 10.0. The van der Waals surface area contributed by atoms with Gasteiger partial charge in [-0.15, -0.1) is 0 Å². The largest absolute Gasteiger partial charge is 0.480 e. The summed E-state index contributed by atoms with van der Waals surface area (Å²) in [5.41, 5.74) is 2.30. The number of benzene rings is 1. The lowest BCUT2D eigenvalue weighted by molar-refractivity contribution is -0.141. The van der Waals surface area contributed by atoms with E-state index in [1.54, 1.807) is 6.08 Å². The fourth-order valence-electron chi connectivity index (χ4n) is 1.66. The van der Waals surface area contributed by atoms with Crippen LogP contribution in [0.4, 0.5) is 0 Å². The van der Waals surface area contributed by atoms with Gasteiger partial charge < -0.3 is 10.4 Å². The minimum atomic E-state index is -1.04. The third kappa shape index (κ3) is 5.26. The molecule has 0 radical (unpaired) electrons. The number of carbonyl (C=O) groups is 2. The van der Waals surface area contributed by atoms with Crippen molar-refractivity contribution in [2.75, 3.05) is 0 Å². The van der Waals surface area contributed by atoms with Crippen molar-refractivity contribution >= 4 is 18.0 Å². The molecule has 0 spiro atoms. The summed E-state index contributed by atoms with van der Waals surface area (Å²) in [4.78, 5) is 22.1. The van der Waals surface area contributed by atoms with E-state index in [1.807, 2.05) is 18.2 Å². The number of carboxylic acids is 1. The molecule has 0 aliphatic carbocycles. The molecule has 1 aromatic rings. The zero-order valence-electron chi connectivity index (χ0n) is 12.1. The number of hydrogen-bond acceptors (Lipinski definition) is 2. The van der Waals surface area contributed by atoms with Gasteiger partial charge in [0.1, 0.15) is 6.04 Å². The zero-order chi connectivity index (χ0) is 15.1. The molecule has 0 bridgehead atoms. The van der Waals surface area contributed by atoms with E-state index in [4.69, 9.17) is 5.11 Å². The fraction of sp³-hybridized carbons (Fsp3) is 0.375. The van der Waals surface area contributed by atoms with E-state index in [0.29, 0.717) is 5.92 Å². The molecule has 4 nitrogen and oxygen atoms in total. The minimum Gasteiger partial charge on any atom is -0.480 e. The van der Waals surface area contributed by atoms with Gasteiger partial charge in [-0.05, 0) is 24.0 Å². The first-order valence-electron chi connectivity index (χ1n) is 6.69. The van der Waals surface area contributed by atoms with Gasteiger partial charge in [-0.2, -0.15) is 0 Å². The molecule has 1 atom stereocenters. The lowest BCUT2D eigenvalue weighted by Gasteiger charge is -2.07. The van der Waals surface area contributed by atoms with Crippen LogP contribution in [0.5, 0.6) is 0 Å². The number of hydrogen-bond donors (Lipinski definition) is 2. The van der Waals surface area contributed by atoms with Gasteiger partial charge in [-0.25, -0.2) is 0 Å². The molecular formula is C16H21NO3. The fourth-order valence-corrected chi connectivity index (χ4v) is 1.66. The Morgan fingerprint density at radius 2 is 1.80 bits per heavy atom. The van der Waals surface area contributed by atoms with Crippen LogP contribution in [0.1, 0.15) is 44.2 Å².